The zero-order valence-electron chi connectivity index (χ0n) is 19.6. The van der Waals surface area contributed by atoms with Crippen molar-refractivity contribution < 1.29 is 14.4 Å². The van der Waals surface area contributed by atoms with Crippen LogP contribution in [-0.4, -0.2) is 17.9 Å². The maximum Gasteiger partial charge on any atom is 0.266 e. The number of benzene rings is 5. The van der Waals surface area contributed by atoms with Crippen LogP contribution in [0, 0.1) is 5.92 Å². The molecule has 37 heavy (non-hydrogen) atoms. The third kappa shape index (κ3) is 3.40. The first-order valence-electron chi connectivity index (χ1n) is 12.2. The van der Waals surface area contributed by atoms with Gasteiger partial charge in [-0.3, -0.25) is 14.4 Å². The topological polar surface area (TPSA) is 49.9 Å². The number of carbonyl (C=O) groups is 2. The fourth-order valence-electron chi connectivity index (χ4n) is 5.72. The Kier molecular flexibility index (Phi) is 5.13. The Bertz CT molecular complexity index is 1630. The molecule has 0 spiro atoms. The number of halogens is 1. The Morgan fingerprint density at radius 2 is 1.24 bits per heavy atom. The van der Waals surface area contributed by atoms with Crippen LogP contribution < -0.4 is 9.96 Å². The van der Waals surface area contributed by atoms with Gasteiger partial charge in [-0.25, -0.2) is 9.96 Å². The summed E-state index contributed by atoms with van der Waals surface area (Å²) in [5.41, 5.74) is 2.34. The fraction of sp³-hybridized carbons (Fsp3) is 0.0968. The van der Waals surface area contributed by atoms with E-state index in [0.717, 1.165) is 37.3 Å². The summed E-state index contributed by atoms with van der Waals surface area (Å²) in [6.07, 6.45) is -0.918. The fourth-order valence-corrected chi connectivity index (χ4v) is 5.98. The van der Waals surface area contributed by atoms with Crippen molar-refractivity contribution >= 4 is 60.7 Å². The van der Waals surface area contributed by atoms with Gasteiger partial charge in [0.25, 0.3) is 5.91 Å². The number of hydrogen-bond acceptors (Lipinski definition) is 4. The van der Waals surface area contributed by atoms with Gasteiger partial charge in [-0.1, -0.05) is 82.7 Å². The van der Waals surface area contributed by atoms with E-state index < -0.39 is 18.1 Å². The van der Waals surface area contributed by atoms with Crippen LogP contribution in [0.1, 0.15) is 11.6 Å². The first-order chi connectivity index (χ1) is 18.1. The molecule has 0 bridgehead atoms. The molecule has 2 aliphatic rings. The van der Waals surface area contributed by atoms with Crippen LogP contribution in [0.15, 0.2) is 114 Å². The number of hydroxylamine groups is 1. The van der Waals surface area contributed by atoms with Gasteiger partial charge < -0.3 is 0 Å². The number of imide groups is 1. The summed E-state index contributed by atoms with van der Waals surface area (Å²) in [6.45, 7) is 0. The molecule has 2 saturated heterocycles. The number of amides is 2. The van der Waals surface area contributed by atoms with Crippen LogP contribution in [0.4, 0.5) is 11.4 Å². The maximum absolute atomic E-state index is 14.1. The second kappa shape index (κ2) is 8.54. The Morgan fingerprint density at radius 1 is 0.649 bits per heavy atom. The van der Waals surface area contributed by atoms with Crippen LogP contribution in [0.2, 0.25) is 0 Å². The predicted molar refractivity (Wildman–Crippen MR) is 148 cm³/mol. The molecule has 0 aliphatic carbocycles. The largest absolute Gasteiger partial charge is 0.273 e. The monoisotopic (exact) mass is 548 g/mol. The molecule has 3 atom stereocenters. The van der Waals surface area contributed by atoms with E-state index in [1.165, 1.54) is 4.90 Å². The molecule has 2 fully saturated rings. The number of anilines is 2. The predicted octanol–water partition coefficient (Wildman–Crippen LogP) is 6.81. The zero-order valence-corrected chi connectivity index (χ0v) is 21.2. The molecule has 2 aliphatic heterocycles. The molecule has 5 aromatic carbocycles. The number of para-hydroxylation sites is 1. The number of rotatable bonds is 3. The van der Waals surface area contributed by atoms with E-state index in [4.69, 9.17) is 4.84 Å². The van der Waals surface area contributed by atoms with E-state index in [0.29, 0.717) is 5.69 Å². The van der Waals surface area contributed by atoms with Gasteiger partial charge in [0.15, 0.2) is 6.10 Å². The molecular weight excluding hydrogens is 528 g/mol. The van der Waals surface area contributed by atoms with Crippen LogP contribution in [0.25, 0.3) is 21.5 Å². The van der Waals surface area contributed by atoms with Crippen LogP contribution in [0.3, 0.4) is 0 Å². The van der Waals surface area contributed by atoms with Crippen molar-refractivity contribution in [2.24, 2.45) is 5.92 Å². The second-order valence-electron chi connectivity index (χ2n) is 9.38. The highest BCUT2D eigenvalue weighted by molar-refractivity contribution is 9.10. The molecule has 5 aromatic rings. The van der Waals surface area contributed by atoms with Crippen molar-refractivity contribution in [3.8, 4) is 0 Å². The zero-order chi connectivity index (χ0) is 25.1. The normalized spacial score (nSPS) is 21.3. The standard InChI is InChI=1S/C31H21BrN2O3/c32-21-14-16-22(17-15-21)33-30(35)27-28(34(37-29(27)31(33)36)23-10-2-1-3-11-23)26-24-12-6-4-8-19(24)18-20-9-5-7-13-25(20)26/h1-18,27-29H/t27-,28+,29-/m1/s1. The maximum atomic E-state index is 14.1. The lowest BCUT2D eigenvalue weighted by Crippen LogP contribution is -2.37. The van der Waals surface area contributed by atoms with E-state index >= 15 is 0 Å². The summed E-state index contributed by atoms with van der Waals surface area (Å²) >= 11 is 3.43. The summed E-state index contributed by atoms with van der Waals surface area (Å²) in [5.74, 6) is -1.30. The minimum Gasteiger partial charge on any atom is -0.273 e. The van der Waals surface area contributed by atoms with E-state index in [9.17, 15) is 9.59 Å². The molecule has 7 rings (SSSR count). The number of fused-ring (bicyclic) bond motifs is 3. The molecule has 2 amide bonds. The van der Waals surface area contributed by atoms with Crippen molar-refractivity contribution in [2.75, 3.05) is 9.96 Å². The Hall–Kier alpha value is -4.00. The highest BCUT2D eigenvalue weighted by Crippen LogP contribution is 2.50. The van der Waals surface area contributed by atoms with Gasteiger partial charge in [-0.2, -0.15) is 0 Å². The smallest absolute Gasteiger partial charge is 0.266 e. The average Bonchev–Trinajstić information content (AvgIpc) is 3.44. The van der Waals surface area contributed by atoms with Crippen molar-refractivity contribution in [3.05, 3.63) is 119 Å². The summed E-state index contributed by atoms with van der Waals surface area (Å²) in [7, 11) is 0. The highest BCUT2D eigenvalue weighted by Gasteiger charge is 2.60. The molecule has 180 valence electrons. The second-order valence-corrected chi connectivity index (χ2v) is 10.3. The van der Waals surface area contributed by atoms with Crippen molar-refractivity contribution in [3.63, 3.8) is 0 Å². The Labute approximate surface area is 221 Å². The molecular formula is C31H21BrN2O3. The average molecular weight is 549 g/mol. The van der Waals surface area contributed by atoms with Crippen molar-refractivity contribution in [1.29, 1.82) is 0 Å². The van der Waals surface area contributed by atoms with E-state index in [1.807, 2.05) is 66.7 Å². The number of carbonyl (C=O) groups excluding carboxylic acids is 2. The molecule has 0 N–H and O–H groups in total. The van der Waals surface area contributed by atoms with Crippen molar-refractivity contribution in [1.82, 2.24) is 0 Å². The molecule has 0 aromatic heterocycles. The van der Waals surface area contributed by atoms with Crippen LogP contribution in [-0.2, 0) is 14.4 Å². The van der Waals surface area contributed by atoms with Gasteiger partial charge in [0.2, 0.25) is 5.91 Å². The van der Waals surface area contributed by atoms with Crippen LogP contribution >= 0.6 is 15.9 Å². The quantitative estimate of drug-likeness (QED) is 0.183. The van der Waals surface area contributed by atoms with Gasteiger partial charge in [0.05, 0.1) is 17.4 Å². The summed E-state index contributed by atoms with van der Waals surface area (Å²) in [4.78, 5) is 35.5. The van der Waals surface area contributed by atoms with Gasteiger partial charge >= 0.3 is 0 Å². The van der Waals surface area contributed by atoms with Gasteiger partial charge in [-0.15, -0.1) is 0 Å². The Morgan fingerprint density at radius 3 is 1.89 bits per heavy atom. The van der Waals surface area contributed by atoms with Gasteiger partial charge in [0, 0.05) is 4.47 Å². The van der Waals surface area contributed by atoms with E-state index in [1.54, 1.807) is 17.2 Å². The highest BCUT2D eigenvalue weighted by atomic mass is 79.9. The number of hydrogen-bond donors (Lipinski definition) is 0. The lowest BCUT2D eigenvalue weighted by Gasteiger charge is -2.30. The molecule has 6 heteroatoms. The summed E-state index contributed by atoms with van der Waals surface area (Å²) in [5, 5.41) is 6.01. The van der Waals surface area contributed by atoms with Gasteiger partial charge in [-0.05, 0) is 69.6 Å². The lowest BCUT2D eigenvalue weighted by atomic mass is 9.84. The van der Waals surface area contributed by atoms with E-state index in [-0.39, 0.29) is 11.8 Å². The summed E-state index contributed by atoms with van der Waals surface area (Å²) < 4.78 is 0.877. The minimum absolute atomic E-state index is 0.252. The first kappa shape index (κ1) is 22.2. The first-order valence-corrected chi connectivity index (χ1v) is 13.0. The van der Waals surface area contributed by atoms with Crippen molar-refractivity contribution in [2.45, 2.75) is 12.1 Å². The lowest BCUT2D eigenvalue weighted by molar-refractivity contribution is -0.126. The molecule has 0 radical (unpaired) electrons. The third-order valence-corrected chi connectivity index (χ3v) is 7.85. The third-order valence-electron chi connectivity index (χ3n) is 7.32. The summed E-state index contributed by atoms with van der Waals surface area (Å²) in [6, 6.07) is 35.0. The molecule has 0 saturated carbocycles. The van der Waals surface area contributed by atoms with Crippen LogP contribution in [0.5, 0.6) is 0 Å². The Balaban J connectivity index is 1.47. The molecule has 2 heterocycles. The molecule has 5 nitrogen and oxygen atoms in total. The van der Waals surface area contributed by atoms with E-state index in [2.05, 4.69) is 46.3 Å². The SMILES string of the molecule is O=C1[C@H]2[C@@H](ON(c3ccccc3)[C@H]2c2c3ccccc3cc3ccccc23)C(=O)N1c1ccc(Br)cc1. The minimum atomic E-state index is -0.918. The van der Waals surface area contributed by atoms with Gasteiger partial charge in [0.1, 0.15) is 5.92 Å². The number of nitrogens with zero attached hydrogens (tertiary/aromatic N) is 2. The molecule has 0 unspecified atom stereocenters.